The molecule has 0 bridgehead atoms. The fourth-order valence-electron chi connectivity index (χ4n) is 2.44. The summed E-state index contributed by atoms with van der Waals surface area (Å²) in [7, 11) is 0. The van der Waals surface area contributed by atoms with Gasteiger partial charge in [0.25, 0.3) is 0 Å². The SMILES string of the molecule is CCc1cc(CC2CCCCN2)c(F)cc1F. The Hall–Kier alpha value is -0.960. The normalized spacial score (nSPS) is 20.5. The molecule has 0 aliphatic carbocycles. The highest BCUT2D eigenvalue weighted by molar-refractivity contribution is 5.27. The van der Waals surface area contributed by atoms with Crippen molar-refractivity contribution in [2.45, 2.75) is 45.1 Å². The second-order valence-electron chi connectivity index (χ2n) is 4.74. The fraction of sp³-hybridized carbons (Fsp3) is 0.571. The molecular formula is C14H19F2N. The molecule has 0 spiro atoms. The van der Waals surface area contributed by atoms with Gasteiger partial charge in [0.05, 0.1) is 0 Å². The van der Waals surface area contributed by atoms with E-state index in [1.54, 1.807) is 6.07 Å². The smallest absolute Gasteiger partial charge is 0.129 e. The van der Waals surface area contributed by atoms with Crippen molar-refractivity contribution < 1.29 is 8.78 Å². The molecule has 1 aliphatic heterocycles. The third-order valence-electron chi connectivity index (χ3n) is 3.48. The lowest BCUT2D eigenvalue weighted by molar-refractivity contribution is 0.394. The van der Waals surface area contributed by atoms with Crippen molar-refractivity contribution >= 4 is 0 Å². The van der Waals surface area contributed by atoms with Gasteiger partial charge in [-0.1, -0.05) is 13.3 Å². The van der Waals surface area contributed by atoms with Gasteiger partial charge in [0, 0.05) is 12.1 Å². The lowest BCUT2D eigenvalue weighted by Gasteiger charge is -2.23. The van der Waals surface area contributed by atoms with Gasteiger partial charge in [0.1, 0.15) is 11.6 Å². The Kier molecular flexibility index (Phi) is 4.11. The van der Waals surface area contributed by atoms with Gasteiger partial charge in [0.2, 0.25) is 0 Å². The summed E-state index contributed by atoms with van der Waals surface area (Å²) in [6.07, 6.45) is 4.75. The summed E-state index contributed by atoms with van der Waals surface area (Å²) in [6, 6.07) is 3.05. The lowest BCUT2D eigenvalue weighted by atomic mass is 9.96. The summed E-state index contributed by atoms with van der Waals surface area (Å²) >= 11 is 0. The third kappa shape index (κ3) is 3.03. The summed E-state index contributed by atoms with van der Waals surface area (Å²) in [4.78, 5) is 0. The van der Waals surface area contributed by atoms with E-state index in [4.69, 9.17) is 0 Å². The highest BCUT2D eigenvalue weighted by Gasteiger charge is 2.16. The van der Waals surface area contributed by atoms with Gasteiger partial charge < -0.3 is 5.32 Å². The number of benzene rings is 1. The first-order valence-corrected chi connectivity index (χ1v) is 6.41. The van der Waals surface area contributed by atoms with Crippen molar-refractivity contribution in [2.75, 3.05) is 6.54 Å². The number of aryl methyl sites for hydroxylation is 1. The molecule has 2 rings (SSSR count). The van der Waals surface area contributed by atoms with Crippen LogP contribution >= 0.6 is 0 Å². The van der Waals surface area contributed by atoms with Gasteiger partial charge in [-0.2, -0.15) is 0 Å². The largest absolute Gasteiger partial charge is 0.314 e. The van der Waals surface area contributed by atoms with E-state index in [0.29, 0.717) is 30.0 Å². The monoisotopic (exact) mass is 239 g/mol. The van der Waals surface area contributed by atoms with E-state index >= 15 is 0 Å². The van der Waals surface area contributed by atoms with Crippen molar-refractivity contribution in [3.8, 4) is 0 Å². The molecule has 1 aromatic carbocycles. The van der Waals surface area contributed by atoms with Crippen LogP contribution in [0.2, 0.25) is 0 Å². The van der Waals surface area contributed by atoms with Crippen LogP contribution in [0.3, 0.4) is 0 Å². The van der Waals surface area contributed by atoms with Crippen LogP contribution in [0.1, 0.15) is 37.3 Å². The van der Waals surface area contributed by atoms with Crippen LogP contribution in [-0.4, -0.2) is 12.6 Å². The molecule has 1 N–H and O–H groups in total. The number of piperidine rings is 1. The van der Waals surface area contributed by atoms with Crippen LogP contribution in [0, 0.1) is 11.6 Å². The summed E-state index contributed by atoms with van der Waals surface area (Å²) in [5.74, 6) is -0.836. The minimum Gasteiger partial charge on any atom is -0.314 e. The Morgan fingerprint density at radius 3 is 2.59 bits per heavy atom. The summed E-state index contributed by atoms with van der Waals surface area (Å²) in [5, 5.41) is 3.39. The molecule has 1 saturated heterocycles. The molecule has 0 aromatic heterocycles. The highest BCUT2D eigenvalue weighted by Crippen LogP contribution is 2.19. The number of rotatable bonds is 3. The number of halogens is 2. The minimum atomic E-state index is -0.426. The van der Waals surface area contributed by atoms with Crippen molar-refractivity contribution in [3.05, 3.63) is 34.9 Å². The summed E-state index contributed by atoms with van der Waals surface area (Å²) in [5.41, 5.74) is 1.25. The average Bonchev–Trinajstić information content (AvgIpc) is 2.34. The second kappa shape index (κ2) is 5.58. The van der Waals surface area contributed by atoms with E-state index in [2.05, 4.69) is 5.32 Å². The topological polar surface area (TPSA) is 12.0 Å². The van der Waals surface area contributed by atoms with Crippen molar-refractivity contribution in [2.24, 2.45) is 0 Å². The van der Waals surface area contributed by atoms with Crippen molar-refractivity contribution in [3.63, 3.8) is 0 Å². The van der Waals surface area contributed by atoms with E-state index in [-0.39, 0.29) is 0 Å². The zero-order valence-corrected chi connectivity index (χ0v) is 10.2. The molecule has 94 valence electrons. The molecule has 3 heteroatoms. The molecule has 1 nitrogen and oxygen atoms in total. The fourth-order valence-corrected chi connectivity index (χ4v) is 2.44. The third-order valence-corrected chi connectivity index (χ3v) is 3.48. The van der Waals surface area contributed by atoms with Crippen molar-refractivity contribution in [1.29, 1.82) is 0 Å². The van der Waals surface area contributed by atoms with Gasteiger partial charge in [-0.25, -0.2) is 8.78 Å². The maximum absolute atomic E-state index is 13.7. The predicted molar refractivity (Wildman–Crippen MR) is 65.1 cm³/mol. The van der Waals surface area contributed by atoms with E-state index in [9.17, 15) is 8.78 Å². The molecular weight excluding hydrogens is 220 g/mol. The number of hydrogen-bond acceptors (Lipinski definition) is 1. The van der Waals surface area contributed by atoms with E-state index < -0.39 is 11.6 Å². The van der Waals surface area contributed by atoms with Crippen LogP contribution in [0.4, 0.5) is 8.78 Å². The molecule has 1 aromatic rings. The maximum atomic E-state index is 13.7. The first-order valence-electron chi connectivity index (χ1n) is 6.41. The second-order valence-corrected chi connectivity index (χ2v) is 4.74. The van der Waals surface area contributed by atoms with Crippen LogP contribution in [-0.2, 0) is 12.8 Å². The minimum absolute atomic E-state index is 0.341. The van der Waals surface area contributed by atoms with Gasteiger partial charge >= 0.3 is 0 Å². The maximum Gasteiger partial charge on any atom is 0.129 e. The zero-order valence-electron chi connectivity index (χ0n) is 10.2. The standard InChI is InChI=1S/C14H19F2N/c1-2-10-7-11(14(16)9-13(10)15)8-12-5-3-4-6-17-12/h7,9,12,17H,2-6,8H2,1H3. The van der Waals surface area contributed by atoms with Crippen molar-refractivity contribution in [1.82, 2.24) is 5.32 Å². The van der Waals surface area contributed by atoms with E-state index in [0.717, 1.165) is 19.0 Å². The van der Waals surface area contributed by atoms with Gasteiger partial charge in [-0.3, -0.25) is 0 Å². The zero-order chi connectivity index (χ0) is 12.3. The Labute approximate surface area is 101 Å². The Bertz CT molecular complexity index is 384. The predicted octanol–water partition coefficient (Wildman–Crippen LogP) is 3.21. The van der Waals surface area contributed by atoms with Crippen LogP contribution in [0.15, 0.2) is 12.1 Å². The Morgan fingerprint density at radius 2 is 1.94 bits per heavy atom. The molecule has 1 fully saturated rings. The van der Waals surface area contributed by atoms with Gasteiger partial charge in [0.15, 0.2) is 0 Å². The van der Waals surface area contributed by atoms with E-state index in [1.165, 1.54) is 12.8 Å². The van der Waals surface area contributed by atoms with Crippen LogP contribution < -0.4 is 5.32 Å². The highest BCUT2D eigenvalue weighted by atomic mass is 19.1. The molecule has 1 heterocycles. The Balaban J connectivity index is 2.13. The molecule has 0 radical (unpaired) electrons. The first kappa shape index (κ1) is 12.5. The van der Waals surface area contributed by atoms with E-state index in [1.807, 2.05) is 6.92 Å². The van der Waals surface area contributed by atoms with Gasteiger partial charge in [-0.05, 0) is 49.4 Å². The molecule has 1 unspecified atom stereocenters. The summed E-state index contributed by atoms with van der Waals surface area (Å²) < 4.78 is 27.0. The first-order chi connectivity index (χ1) is 8.20. The molecule has 0 saturated carbocycles. The van der Waals surface area contributed by atoms with Crippen LogP contribution in [0.5, 0.6) is 0 Å². The average molecular weight is 239 g/mol. The summed E-state index contributed by atoms with van der Waals surface area (Å²) in [6.45, 7) is 2.90. The molecule has 1 aliphatic rings. The lowest BCUT2D eigenvalue weighted by Crippen LogP contribution is -2.35. The molecule has 17 heavy (non-hydrogen) atoms. The number of hydrogen-bond donors (Lipinski definition) is 1. The Morgan fingerprint density at radius 1 is 1.18 bits per heavy atom. The molecule has 1 atom stereocenters. The number of nitrogens with one attached hydrogen (secondary N) is 1. The van der Waals surface area contributed by atoms with Gasteiger partial charge in [-0.15, -0.1) is 0 Å². The van der Waals surface area contributed by atoms with Crippen LogP contribution in [0.25, 0.3) is 0 Å². The quantitative estimate of drug-likeness (QED) is 0.854. The molecule has 0 amide bonds.